The lowest BCUT2D eigenvalue weighted by Gasteiger charge is -2.17. The topological polar surface area (TPSA) is 148 Å². The number of nitrogens with zero attached hydrogens (tertiary/aromatic N) is 6. The minimum atomic E-state index is -0.294. The predicted octanol–water partition coefficient (Wildman–Crippen LogP) is 7.16. The summed E-state index contributed by atoms with van der Waals surface area (Å²) in [6.07, 6.45) is 5.82. The number of aliphatic hydroxyl groups excluding tert-OH is 1. The zero-order chi connectivity index (χ0) is 37.1. The minimum absolute atomic E-state index is 0.250. The standard InChI is InChI=1S/C41H41N7O2.CO2/c1-25-11-14-47(21-25)23-29-17-30-10-13-43-40(38(30)44-20-29)45-36-9-5-7-34(27(36)3)33-6-4-8-35(26(33)2)41-46-37-18-28(16-31(19-42)39(37)50-41)22-48-15-12-32(49)24-48;2-1-3/h4-10,13,16-18,20,25,32,49H,11-12,14-15,21-24H2,1-3H3,(H,43,45);/t25-,32+;/m0./s1. The molecule has 0 radical (unpaired) electrons. The van der Waals surface area contributed by atoms with Crippen LogP contribution in [0, 0.1) is 31.1 Å². The molecule has 11 heteroatoms. The van der Waals surface area contributed by atoms with Crippen molar-refractivity contribution in [3.63, 3.8) is 0 Å². The Morgan fingerprint density at radius 3 is 2.36 bits per heavy atom. The summed E-state index contributed by atoms with van der Waals surface area (Å²) in [5.74, 6) is 1.97. The molecule has 53 heavy (non-hydrogen) atoms. The third kappa shape index (κ3) is 7.58. The monoisotopic (exact) mass is 707 g/mol. The van der Waals surface area contributed by atoms with E-state index in [4.69, 9.17) is 29.0 Å². The Morgan fingerprint density at radius 1 is 0.906 bits per heavy atom. The maximum absolute atomic E-state index is 9.98. The molecule has 2 fully saturated rings. The molecule has 2 aliphatic heterocycles. The third-order valence-electron chi connectivity index (χ3n) is 10.3. The van der Waals surface area contributed by atoms with Crippen LogP contribution in [0.25, 0.3) is 44.6 Å². The Kier molecular flexibility index (Phi) is 10.4. The van der Waals surface area contributed by atoms with Gasteiger partial charge in [-0.2, -0.15) is 14.9 Å². The van der Waals surface area contributed by atoms with E-state index in [0.29, 0.717) is 35.6 Å². The highest BCUT2D eigenvalue weighted by Crippen LogP contribution is 2.38. The number of aromatic nitrogens is 3. The summed E-state index contributed by atoms with van der Waals surface area (Å²) < 4.78 is 6.30. The van der Waals surface area contributed by atoms with Crippen molar-refractivity contribution in [3.05, 3.63) is 101 Å². The first kappa shape index (κ1) is 35.6. The Balaban J connectivity index is 0.00000140. The van der Waals surface area contributed by atoms with Gasteiger partial charge in [-0.15, -0.1) is 0 Å². The molecule has 2 aliphatic rings. The van der Waals surface area contributed by atoms with Gasteiger partial charge in [0.15, 0.2) is 11.4 Å². The predicted molar refractivity (Wildman–Crippen MR) is 202 cm³/mol. The van der Waals surface area contributed by atoms with Crippen molar-refractivity contribution in [1.82, 2.24) is 24.8 Å². The number of nitriles is 1. The SMILES string of the molecule is Cc1c(Nc2nccc3cc(CN4CC[C@H](C)C4)cnc23)cccc1-c1cccc(-c2nc3cc(CN4CC[C@@H](O)C4)cc(C#N)c3o2)c1C.O=C=O. The fourth-order valence-corrected chi connectivity index (χ4v) is 7.66. The van der Waals surface area contributed by atoms with Crippen LogP contribution < -0.4 is 5.32 Å². The van der Waals surface area contributed by atoms with E-state index >= 15 is 0 Å². The van der Waals surface area contributed by atoms with Crippen molar-refractivity contribution in [2.24, 2.45) is 5.92 Å². The lowest BCUT2D eigenvalue weighted by Crippen LogP contribution is -2.21. The number of aliphatic hydroxyl groups is 1. The lowest BCUT2D eigenvalue weighted by molar-refractivity contribution is -0.191. The van der Waals surface area contributed by atoms with Crippen molar-refractivity contribution in [3.8, 4) is 28.7 Å². The van der Waals surface area contributed by atoms with E-state index in [2.05, 4.69) is 72.3 Å². The van der Waals surface area contributed by atoms with Crippen LogP contribution in [0.5, 0.6) is 0 Å². The number of anilines is 2. The van der Waals surface area contributed by atoms with Gasteiger partial charge in [-0.25, -0.2) is 9.97 Å². The van der Waals surface area contributed by atoms with Gasteiger partial charge < -0.3 is 14.8 Å². The number of benzene rings is 3. The first-order valence-electron chi connectivity index (χ1n) is 17.9. The normalized spacial score (nSPS) is 17.4. The molecule has 3 aromatic carbocycles. The van der Waals surface area contributed by atoms with E-state index in [1.54, 1.807) is 0 Å². The fraction of sp³-hybridized carbons (Fsp3) is 0.310. The molecule has 268 valence electrons. The number of fused-ring (bicyclic) bond motifs is 2. The molecule has 2 atom stereocenters. The van der Waals surface area contributed by atoms with E-state index < -0.39 is 0 Å². The number of likely N-dealkylation sites (tertiary alicyclic amines) is 2. The number of rotatable bonds is 8. The second-order valence-electron chi connectivity index (χ2n) is 14.2. The zero-order valence-corrected chi connectivity index (χ0v) is 30.1. The third-order valence-corrected chi connectivity index (χ3v) is 10.3. The summed E-state index contributed by atoms with van der Waals surface area (Å²) in [7, 11) is 0. The van der Waals surface area contributed by atoms with Crippen LogP contribution in [0.1, 0.15) is 47.6 Å². The average Bonchev–Trinajstić information content (AvgIpc) is 3.89. The second-order valence-corrected chi connectivity index (χ2v) is 14.2. The highest BCUT2D eigenvalue weighted by atomic mass is 16.3. The molecule has 6 aromatic rings. The van der Waals surface area contributed by atoms with Crippen molar-refractivity contribution in [2.75, 3.05) is 31.5 Å². The van der Waals surface area contributed by atoms with Crippen LogP contribution in [0.3, 0.4) is 0 Å². The van der Waals surface area contributed by atoms with E-state index in [-0.39, 0.29) is 12.3 Å². The van der Waals surface area contributed by atoms with Crippen LogP contribution in [-0.4, -0.2) is 68.3 Å². The van der Waals surface area contributed by atoms with Crippen LogP contribution in [0.2, 0.25) is 0 Å². The van der Waals surface area contributed by atoms with Gasteiger partial charge >= 0.3 is 6.15 Å². The van der Waals surface area contributed by atoms with Crippen LogP contribution in [0.15, 0.2) is 77.5 Å². The van der Waals surface area contributed by atoms with Gasteiger partial charge in [-0.3, -0.25) is 14.8 Å². The maximum atomic E-state index is 9.98. The smallest absolute Gasteiger partial charge is 0.373 e. The first-order valence-corrected chi connectivity index (χ1v) is 17.9. The lowest BCUT2D eigenvalue weighted by atomic mass is 9.93. The molecule has 11 nitrogen and oxygen atoms in total. The summed E-state index contributed by atoms with van der Waals surface area (Å²) in [5.41, 5.74) is 10.8. The van der Waals surface area contributed by atoms with E-state index in [1.165, 1.54) is 12.0 Å². The summed E-state index contributed by atoms with van der Waals surface area (Å²) >= 11 is 0. The molecule has 0 amide bonds. The van der Waals surface area contributed by atoms with Crippen molar-refractivity contribution in [2.45, 2.75) is 52.8 Å². The molecule has 0 aliphatic carbocycles. The Bertz CT molecular complexity index is 2380. The Labute approximate surface area is 307 Å². The van der Waals surface area contributed by atoms with E-state index in [0.717, 1.165) is 94.3 Å². The Morgan fingerprint density at radius 2 is 1.62 bits per heavy atom. The average molecular weight is 708 g/mol. The van der Waals surface area contributed by atoms with Crippen LogP contribution >= 0.6 is 0 Å². The quantitative estimate of drug-likeness (QED) is 0.166. The fourth-order valence-electron chi connectivity index (χ4n) is 7.66. The van der Waals surface area contributed by atoms with Gasteiger partial charge in [-0.05, 0) is 109 Å². The number of hydrogen-bond donors (Lipinski definition) is 2. The minimum Gasteiger partial charge on any atom is -0.435 e. The molecular weight excluding hydrogens is 667 g/mol. The maximum Gasteiger partial charge on any atom is 0.373 e. The van der Waals surface area contributed by atoms with Gasteiger partial charge in [0.05, 0.1) is 11.7 Å². The molecule has 0 unspecified atom stereocenters. The summed E-state index contributed by atoms with van der Waals surface area (Å²) in [4.78, 5) is 35.4. The van der Waals surface area contributed by atoms with Crippen LogP contribution in [-0.2, 0) is 22.7 Å². The van der Waals surface area contributed by atoms with Gasteiger partial charge in [0.1, 0.15) is 17.1 Å². The van der Waals surface area contributed by atoms with Gasteiger partial charge in [0, 0.05) is 61.8 Å². The van der Waals surface area contributed by atoms with E-state index in [1.807, 2.05) is 42.7 Å². The van der Waals surface area contributed by atoms with Crippen LogP contribution in [0.4, 0.5) is 11.5 Å². The molecule has 5 heterocycles. The zero-order valence-electron chi connectivity index (χ0n) is 30.1. The number of hydrogen-bond acceptors (Lipinski definition) is 11. The molecule has 3 aromatic heterocycles. The second kappa shape index (κ2) is 15.5. The summed E-state index contributed by atoms with van der Waals surface area (Å²) in [6.45, 7) is 11.9. The summed E-state index contributed by atoms with van der Waals surface area (Å²) in [5, 5.41) is 24.6. The number of nitrogens with one attached hydrogen (secondary N) is 1. The highest BCUT2D eigenvalue weighted by Gasteiger charge is 2.23. The largest absolute Gasteiger partial charge is 0.435 e. The summed E-state index contributed by atoms with van der Waals surface area (Å²) in [6, 6.07) is 22.9. The highest BCUT2D eigenvalue weighted by molar-refractivity contribution is 5.91. The van der Waals surface area contributed by atoms with Crippen molar-refractivity contribution in [1.29, 1.82) is 5.26 Å². The number of pyridine rings is 2. The number of oxazole rings is 1. The first-order chi connectivity index (χ1) is 25.7. The number of β-amino-alcohol motifs (C(OH)–C–C–N with tert-alkyl or cyclic N) is 1. The molecule has 0 spiro atoms. The molecular formula is C42H41N7O4. The van der Waals surface area contributed by atoms with Gasteiger partial charge in [-0.1, -0.05) is 31.2 Å². The van der Waals surface area contributed by atoms with Crippen molar-refractivity contribution >= 4 is 39.7 Å². The molecule has 0 saturated carbocycles. The molecule has 2 N–H and O–H groups in total. The van der Waals surface area contributed by atoms with Gasteiger partial charge in [0.25, 0.3) is 0 Å². The number of carbonyl (C=O) groups excluding carboxylic acids is 2. The molecule has 8 rings (SSSR count). The molecule has 0 bridgehead atoms. The Hall–Kier alpha value is -5.76. The van der Waals surface area contributed by atoms with Crippen molar-refractivity contribution < 1.29 is 19.1 Å². The molecule has 2 saturated heterocycles. The van der Waals surface area contributed by atoms with E-state index in [9.17, 15) is 10.4 Å². The van der Waals surface area contributed by atoms with Gasteiger partial charge in [0.2, 0.25) is 5.89 Å².